The molecule has 2 atom stereocenters. The maximum Gasteiger partial charge on any atom is 0.163 e. The molecule has 4 N–H and O–H groups in total. The molecule has 5 nitrogen and oxygen atoms in total. The molecule has 0 amide bonds. The summed E-state index contributed by atoms with van der Waals surface area (Å²) < 4.78 is 11.4. The Labute approximate surface area is 193 Å². The van der Waals surface area contributed by atoms with Gasteiger partial charge in [0.1, 0.15) is 13.3 Å². The van der Waals surface area contributed by atoms with Crippen molar-refractivity contribution in [2.24, 2.45) is 5.73 Å². The molecule has 1 fully saturated rings. The summed E-state index contributed by atoms with van der Waals surface area (Å²) in [6.07, 6.45) is 5.79. The van der Waals surface area contributed by atoms with E-state index in [0.29, 0.717) is 24.7 Å². The van der Waals surface area contributed by atoms with Gasteiger partial charge in [-0.1, -0.05) is 70.8 Å². The van der Waals surface area contributed by atoms with Crippen molar-refractivity contribution in [1.29, 1.82) is 0 Å². The standard InChI is InChI=1S/C24H34N2O3S2/c25-18-29-24-15-20(10-11-23(24)28-17-19-7-3-1-4-8-19)22(27)16-26-13-6-2-5-9-21-12-14-30-31-21/h1,3-4,7-8,10-11,15,21-22,26-27H,2,5-6,9,12-14,16-18,25H2. The molecule has 170 valence electrons. The summed E-state index contributed by atoms with van der Waals surface area (Å²) in [5.74, 6) is 2.49. The van der Waals surface area contributed by atoms with Gasteiger partial charge in [0, 0.05) is 17.5 Å². The number of nitrogens with two attached hydrogens (primary N) is 1. The Morgan fingerprint density at radius 3 is 2.71 bits per heavy atom. The van der Waals surface area contributed by atoms with Crippen LogP contribution in [0.4, 0.5) is 0 Å². The minimum Gasteiger partial charge on any atom is -0.485 e. The van der Waals surface area contributed by atoms with Crippen LogP contribution in [0.25, 0.3) is 0 Å². The Bertz CT molecular complexity index is 758. The van der Waals surface area contributed by atoms with Crippen LogP contribution >= 0.6 is 21.6 Å². The molecule has 3 rings (SSSR count). The summed E-state index contributed by atoms with van der Waals surface area (Å²) in [7, 11) is 4.07. The molecule has 0 aromatic heterocycles. The number of rotatable bonds is 14. The second kappa shape index (κ2) is 13.9. The molecule has 1 aliphatic heterocycles. The van der Waals surface area contributed by atoms with E-state index >= 15 is 0 Å². The predicted octanol–water partition coefficient (Wildman–Crippen LogP) is 4.90. The number of ether oxygens (including phenoxy) is 2. The third kappa shape index (κ3) is 8.58. The normalized spacial score (nSPS) is 16.9. The third-order valence-electron chi connectivity index (χ3n) is 5.27. The van der Waals surface area contributed by atoms with E-state index in [1.54, 1.807) is 0 Å². The summed E-state index contributed by atoms with van der Waals surface area (Å²) in [6, 6.07) is 15.5. The first-order valence-corrected chi connectivity index (χ1v) is 13.4. The molecule has 2 aromatic carbocycles. The van der Waals surface area contributed by atoms with Crippen molar-refractivity contribution in [2.75, 3.05) is 25.6 Å². The van der Waals surface area contributed by atoms with E-state index in [0.717, 1.165) is 29.3 Å². The monoisotopic (exact) mass is 462 g/mol. The van der Waals surface area contributed by atoms with Gasteiger partial charge in [-0.15, -0.1) is 0 Å². The highest BCUT2D eigenvalue weighted by Crippen LogP contribution is 2.39. The molecule has 0 spiro atoms. The fraction of sp³-hybridized carbons (Fsp3) is 0.500. The predicted molar refractivity (Wildman–Crippen MR) is 132 cm³/mol. The Kier molecular flexibility index (Phi) is 10.9. The molecule has 0 radical (unpaired) electrons. The highest BCUT2D eigenvalue weighted by molar-refractivity contribution is 8.77. The Morgan fingerprint density at radius 1 is 1.06 bits per heavy atom. The Balaban J connectivity index is 1.40. The molecule has 0 bridgehead atoms. The van der Waals surface area contributed by atoms with Crippen LogP contribution in [0, 0.1) is 0 Å². The van der Waals surface area contributed by atoms with Gasteiger partial charge in [0.15, 0.2) is 11.5 Å². The maximum absolute atomic E-state index is 10.6. The first-order chi connectivity index (χ1) is 15.3. The molecular formula is C24H34N2O3S2. The van der Waals surface area contributed by atoms with Crippen LogP contribution < -0.4 is 20.5 Å². The molecule has 2 aromatic rings. The van der Waals surface area contributed by atoms with Gasteiger partial charge in [-0.2, -0.15) is 0 Å². The first-order valence-electron chi connectivity index (χ1n) is 11.1. The van der Waals surface area contributed by atoms with Gasteiger partial charge in [0.05, 0.1) is 6.10 Å². The van der Waals surface area contributed by atoms with Gasteiger partial charge in [0.2, 0.25) is 0 Å². The van der Waals surface area contributed by atoms with Gasteiger partial charge in [0.25, 0.3) is 0 Å². The molecule has 0 aliphatic carbocycles. The van der Waals surface area contributed by atoms with Gasteiger partial charge >= 0.3 is 0 Å². The van der Waals surface area contributed by atoms with Crippen LogP contribution in [0.5, 0.6) is 11.5 Å². The van der Waals surface area contributed by atoms with E-state index in [1.165, 1.54) is 31.4 Å². The lowest BCUT2D eigenvalue weighted by atomic mass is 10.1. The molecule has 31 heavy (non-hydrogen) atoms. The summed E-state index contributed by atoms with van der Waals surface area (Å²) >= 11 is 0. The molecule has 0 saturated carbocycles. The van der Waals surface area contributed by atoms with Gasteiger partial charge in [-0.05, 0) is 49.1 Å². The lowest BCUT2D eigenvalue weighted by molar-refractivity contribution is 0.173. The molecule has 7 heteroatoms. The fourth-order valence-corrected chi connectivity index (χ4v) is 6.54. The largest absolute Gasteiger partial charge is 0.485 e. The van der Waals surface area contributed by atoms with Crippen molar-refractivity contribution >= 4 is 21.6 Å². The smallest absolute Gasteiger partial charge is 0.163 e. The SMILES string of the molecule is NCOc1cc(C(O)CNCCCCCC2CCSS2)ccc1OCc1ccccc1. The van der Waals surface area contributed by atoms with Crippen LogP contribution in [0.1, 0.15) is 49.3 Å². The quantitative estimate of drug-likeness (QED) is 0.209. The zero-order valence-electron chi connectivity index (χ0n) is 18.0. The maximum atomic E-state index is 10.6. The summed E-state index contributed by atoms with van der Waals surface area (Å²) in [5, 5.41) is 14.8. The number of benzene rings is 2. The highest BCUT2D eigenvalue weighted by atomic mass is 33.1. The van der Waals surface area contributed by atoms with Crippen molar-refractivity contribution in [3.05, 3.63) is 59.7 Å². The number of hydrogen-bond donors (Lipinski definition) is 3. The molecule has 2 unspecified atom stereocenters. The minimum atomic E-state index is -0.602. The number of nitrogens with one attached hydrogen (secondary N) is 1. The van der Waals surface area contributed by atoms with Crippen LogP contribution in [0.15, 0.2) is 48.5 Å². The van der Waals surface area contributed by atoms with Crippen molar-refractivity contribution in [3.8, 4) is 11.5 Å². The van der Waals surface area contributed by atoms with E-state index in [1.807, 2.05) is 59.3 Å². The minimum absolute atomic E-state index is 0.0531. The van der Waals surface area contributed by atoms with Crippen LogP contribution in [-0.2, 0) is 6.61 Å². The highest BCUT2D eigenvalue weighted by Gasteiger charge is 2.15. The average molecular weight is 463 g/mol. The zero-order chi connectivity index (χ0) is 21.7. The van der Waals surface area contributed by atoms with Crippen molar-refractivity contribution in [1.82, 2.24) is 5.32 Å². The molecule has 1 saturated heterocycles. The van der Waals surface area contributed by atoms with E-state index < -0.39 is 6.10 Å². The summed E-state index contributed by atoms with van der Waals surface area (Å²) in [5.41, 5.74) is 7.46. The summed E-state index contributed by atoms with van der Waals surface area (Å²) in [4.78, 5) is 0. The topological polar surface area (TPSA) is 76.7 Å². The zero-order valence-corrected chi connectivity index (χ0v) is 19.6. The fourth-order valence-electron chi connectivity index (χ4n) is 3.51. The van der Waals surface area contributed by atoms with Crippen LogP contribution in [0.3, 0.4) is 0 Å². The van der Waals surface area contributed by atoms with E-state index in [4.69, 9.17) is 15.2 Å². The molecule has 1 heterocycles. The Hall–Kier alpha value is -1.38. The number of aliphatic hydroxyl groups is 1. The van der Waals surface area contributed by atoms with Gasteiger partial charge in [-0.25, -0.2) is 0 Å². The van der Waals surface area contributed by atoms with Crippen LogP contribution in [0.2, 0.25) is 0 Å². The molecular weight excluding hydrogens is 428 g/mol. The van der Waals surface area contributed by atoms with Crippen molar-refractivity contribution in [2.45, 2.75) is 50.1 Å². The molecule has 1 aliphatic rings. The van der Waals surface area contributed by atoms with E-state index in [9.17, 15) is 5.11 Å². The van der Waals surface area contributed by atoms with Crippen molar-refractivity contribution in [3.63, 3.8) is 0 Å². The van der Waals surface area contributed by atoms with Crippen molar-refractivity contribution < 1.29 is 14.6 Å². The second-order valence-electron chi connectivity index (χ2n) is 7.69. The van der Waals surface area contributed by atoms with E-state index in [2.05, 4.69) is 16.1 Å². The Morgan fingerprint density at radius 2 is 1.94 bits per heavy atom. The number of unbranched alkanes of at least 4 members (excludes halogenated alkanes) is 2. The lowest BCUT2D eigenvalue weighted by Gasteiger charge is -2.16. The van der Waals surface area contributed by atoms with Crippen LogP contribution in [-0.4, -0.2) is 35.9 Å². The first kappa shape index (κ1) is 24.3. The third-order valence-corrected chi connectivity index (χ3v) is 8.28. The number of hydrogen-bond acceptors (Lipinski definition) is 7. The second-order valence-corrected chi connectivity index (χ2v) is 10.5. The summed E-state index contributed by atoms with van der Waals surface area (Å²) in [6.45, 7) is 1.94. The number of aliphatic hydroxyl groups excluding tert-OH is 1. The van der Waals surface area contributed by atoms with Gasteiger partial charge < -0.3 is 19.9 Å². The lowest BCUT2D eigenvalue weighted by Crippen LogP contribution is -2.22. The van der Waals surface area contributed by atoms with E-state index in [-0.39, 0.29) is 6.73 Å². The van der Waals surface area contributed by atoms with Gasteiger partial charge in [-0.3, -0.25) is 5.73 Å². The average Bonchev–Trinajstić information content (AvgIpc) is 3.32.